The molecule has 2 aliphatic rings. The molecule has 3 rings (SSSR count). The van der Waals surface area contributed by atoms with Gasteiger partial charge in [-0.05, 0) is 31.2 Å². The minimum atomic E-state index is -0.854. The minimum Gasteiger partial charge on any atom is -0.465 e. The number of hydrogen-bond donors (Lipinski definition) is 2. The lowest BCUT2D eigenvalue weighted by molar-refractivity contribution is 0.0983. The molecule has 0 aromatic heterocycles. The van der Waals surface area contributed by atoms with Crippen LogP contribution in [0.15, 0.2) is 30.3 Å². The van der Waals surface area contributed by atoms with Crippen molar-refractivity contribution < 1.29 is 9.90 Å². The van der Waals surface area contributed by atoms with Crippen LogP contribution in [0.25, 0.3) is 0 Å². The zero-order chi connectivity index (χ0) is 12.8. The third-order valence-corrected chi connectivity index (χ3v) is 4.37. The topological polar surface area (TPSA) is 66.6 Å². The Hall–Kier alpha value is -1.26. The largest absolute Gasteiger partial charge is 0.465 e. The van der Waals surface area contributed by atoms with Gasteiger partial charge in [0.15, 0.2) is 0 Å². The van der Waals surface area contributed by atoms with Crippen LogP contribution in [0.2, 0.25) is 0 Å². The first-order chi connectivity index (χ1) is 8.57. The minimum absolute atomic E-state index is 0. The van der Waals surface area contributed by atoms with Crippen molar-refractivity contribution in [1.29, 1.82) is 0 Å². The summed E-state index contributed by atoms with van der Waals surface area (Å²) in [6.07, 6.45) is 2.86. The SMILES string of the molecule is Cl.NC1(C2(N(Cc3ccccc3)C(=O)O)CC2)CC1. The summed E-state index contributed by atoms with van der Waals surface area (Å²) in [6.45, 7) is 0.440. The Balaban J connectivity index is 0.00000133. The van der Waals surface area contributed by atoms with Gasteiger partial charge < -0.3 is 10.8 Å². The average Bonchev–Trinajstić information content (AvgIpc) is 3.23. The maximum absolute atomic E-state index is 11.5. The summed E-state index contributed by atoms with van der Waals surface area (Å²) in [5, 5.41) is 9.47. The van der Waals surface area contributed by atoms with E-state index in [-0.39, 0.29) is 23.5 Å². The molecule has 104 valence electrons. The van der Waals surface area contributed by atoms with Crippen molar-refractivity contribution in [2.24, 2.45) is 5.73 Å². The van der Waals surface area contributed by atoms with Crippen LogP contribution < -0.4 is 5.73 Å². The van der Waals surface area contributed by atoms with Crippen LogP contribution in [0, 0.1) is 0 Å². The molecule has 2 aliphatic carbocycles. The second kappa shape index (κ2) is 4.69. The standard InChI is InChI=1S/C14H18N2O2.ClH/c15-13(6-7-13)14(8-9-14)16(12(17)18)10-11-4-2-1-3-5-11;/h1-5H,6-10,15H2,(H,17,18);1H. The Bertz CT molecular complexity index is 470. The maximum atomic E-state index is 11.5. The van der Waals surface area contributed by atoms with Gasteiger partial charge in [0, 0.05) is 12.1 Å². The molecule has 3 N–H and O–H groups in total. The van der Waals surface area contributed by atoms with Crippen molar-refractivity contribution >= 4 is 18.5 Å². The number of nitrogens with zero attached hydrogens (tertiary/aromatic N) is 1. The Morgan fingerprint density at radius 3 is 2.21 bits per heavy atom. The van der Waals surface area contributed by atoms with Crippen LogP contribution in [0.5, 0.6) is 0 Å². The average molecular weight is 283 g/mol. The molecule has 0 atom stereocenters. The van der Waals surface area contributed by atoms with E-state index in [0.717, 1.165) is 31.2 Å². The summed E-state index contributed by atoms with van der Waals surface area (Å²) in [7, 11) is 0. The predicted octanol–water partition coefficient (Wildman–Crippen LogP) is 2.61. The number of benzene rings is 1. The zero-order valence-corrected chi connectivity index (χ0v) is 11.5. The fourth-order valence-corrected chi connectivity index (χ4v) is 2.92. The molecule has 0 radical (unpaired) electrons. The van der Waals surface area contributed by atoms with Crippen LogP contribution in [0.4, 0.5) is 4.79 Å². The lowest BCUT2D eigenvalue weighted by Crippen LogP contribution is -2.53. The summed E-state index contributed by atoms with van der Waals surface area (Å²) >= 11 is 0. The molecule has 19 heavy (non-hydrogen) atoms. The second-order valence-corrected chi connectivity index (χ2v) is 5.54. The van der Waals surface area contributed by atoms with Crippen LogP contribution in [-0.2, 0) is 6.54 Å². The summed E-state index contributed by atoms with van der Waals surface area (Å²) in [5.74, 6) is 0. The van der Waals surface area contributed by atoms with Crippen LogP contribution in [0.1, 0.15) is 31.2 Å². The highest BCUT2D eigenvalue weighted by Crippen LogP contribution is 2.59. The van der Waals surface area contributed by atoms with Gasteiger partial charge in [0.25, 0.3) is 0 Å². The van der Waals surface area contributed by atoms with E-state index >= 15 is 0 Å². The van der Waals surface area contributed by atoms with E-state index in [9.17, 15) is 9.90 Å². The van der Waals surface area contributed by atoms with Gasteiger partial charge in [-0.15, -0.1) is 12.4 Å². The van der Waals surface area contributed by atoms with Gasteiger partial charge in [-0.25, -0.2) is 4.79 Å². The Kier molecular flexibility index (Phi) is 3.49. The van der Waals surface area contributed by atoms with Crippen LogP contribution in [0.3, 0.4) is 0 Å². The molecular formula is C14H19ClN2O2. The fourth-order valence-electron chi connectivity index (χ4n) is 2.92. The van der Waals surface area contributed by atoms with E-state index in [1.807, 2.05) is 30.3 Å². The molecule has 1 aromatic carbocycles. The molecule has 5 heteroatoms. The lowest BCUT2D eigenvalue weighted by atomic mass is 10.0. The fraction of sp³-hybridized carbons (Fsp3) is 0.500. The van der Waals surface area contributed by atoms with Gasteiger partial charge in [0.05, 0.1) is 5.54 Å². The first kappa shape index (κ1) is 14.2. The van der Waals surface area contributed by atoms with Crippen molar-refractivity contribution in [2.45, 2.75) is 43.3 Å². The van der Waals surface area contributed by atoms with E-state index in [1.54, 1.807) is 4.90 Å². The van der Waals surface area contributed by atoms with E-state index < -0.39 is 6.09 Å². The van der Waals surface area contributed by atoms with E-state index in [1.165, 1.54) is 0 Å². The molecule has 0 spiro atoms. The number of rotatable bonds is 4. The van der Waals surface area contributed by atoms with Gasteiger partial charge in [0.2, 0.25) is 0 Å². The number of carbonyl (C=O) groups is 1. The van der Waals surface area contributed by atoms with E-state index in [4.69, 9.17) is 5.73 Å². The number of hydrogen-bond acceptors (Lipinski definition) is 2. The highest BCUT2D eigenvalue weighted by Gasteiger charge is 2.67. The number of carboxylic acid groups (broad SMARTS) is 1. The van der Waals surface area contributed by atoms with Gasteiger partial charge in [-0.2, -0.15) is 0 Å². The molecular weight excluding hydrogens is 264 g/mol. The smallest absolute Gasteiger partial charge is 0.408 e. The highest BCUT2D eigenvalue weighted by molar-refractivity contribution is 5.85. The summed E-state index contributed by atoms with van der Waals surface area (Å²) in [4.78, 5) is 13.1. The summed E-state index contributed by atoms with van der Waals surface area (Å²) in [5.41, 5.74) is 6.74. The number of halogens is 1. The molecule has 0 heterocycles. The van der Waals surface area contributed by atoms with Crippen molar-refractivity contribution in [3.63, 3.8) is 0 Å². The second-order valence-electron chi connectivity index (χ2n) is 5.54. The van der Waals surface area contributed by atoms with Gasteiger partial charge in [-0.3, -0.25) is 4.90 Å². The zero-order valence-electron chi connectivity index (χ0n) is 10.7. The normalized spacial score (nSPS) is 21.1. The summed E-state index contributed by atoms with van der Waals surface area (Å²) in [6, 6.07) is 9.73. The molecule has 1 aromatic rings. The molecule has 0 aliphatic heterocycles. The first-order valence-corrected chi connectivity index (χ1v) is 6.41. The Morgan fingerprint density at radius 2 is 1.79 bits per heavy atom. The number of amides is 1. The first-order valence-electron chi connectivity index (χ1n) is 6.41. The molecule has 1 amide bonds. The molecule has 0 bridgehead atoms. The van der Waals surface area contributed by atoms with Gasteiger partial charge in [0.1, 0.15) is 0 Å². The van der Waals surface area contributed by atoms with Crippen molar-refractivity contribution in [3.05, 3.63) is 35.9 Å². The predicted molar refractivity (Wildman–Crippen MR) is 75.4 cm³/mol. The molecule has 0 unspecified atom stereocenters. The Morgan fingerprint density at radius 1 is 1.21 bits per heavy atom. The van der Waals surface area contributed by atoms with Crippen molar-refractivity contribution in [3.8, 4) is 0 Å². The Labute approximate surface area is 119 Å². The van der Waals surface area contributed by atoms with Crippen LogP contribution in [-0.4, -0.2) is 27.2 Å². The molecule has 0 saturated heterocycles. The summed E-state index contributed by atoms with van der Waals surface area (Å²) < 4.78 is 0. The number of nitrogens with two attached hydrogens (primary N) is 1. The molecule has 2 fully saturated rings. The van der Waals surface area contributed by atoms with E-state index in [2.05, 4.69) is 0 Å². The van der Waals surface area contributed by atoms with Crippen molar-refractivity contribution in [1.82, 2.24) is 4.90 Å². The maximum Gasteiger partial charge on any atom is 0.408 e. The molecule has 4 nitrogen and oxygen atoms in total. The quantitative estimate of drug-likeness (QED) is 0.892. The van der Waals surface area contributed by atoms with Gasteiger partial charge in [-0.1, -0.05) is 30.3 Å². The third-order valence-electron chi connectivity index (χ3n) is 4.37. The van der Waals surface area contributed by atoms with Crippen molar-refractivity contribution in [2.75, 3.05) is 0 Å². The lowest BCUT2D eigenvalue weighted by Gasteiger charge is -2.34. The monoisotopic (exact) mass is 282 g/mol. The molecule has 2 saturated carbocycles. The van der Waals surface area contributed by atoms with Crippen LogP contribution >= 0.6 is 12.4 Å². The highest BCUT2D eigenvalue weighted by atomic mass is 35.5. The van der Waals surface area contributed by atoms with Gasteiger partial charge >= 0.3 is 6.09 Å². The third kappa shape index (κ3) is 2.30. The van der Waals surface area contributed by atoms with E-state index in [0.29, 0.717) is 6.54 Å².